The fraction of sp³-hybridized carbons (Fsp3) is 0.611. The van der Waals surface area contributed by atoms with Crippen molar-refractivity contribution in [1.82, 2.24) is 10.2 Å². The van der Waals surface area contributed by atoms with Crippen molar-refractivity contribution in [2.24, 2.45) is 11.7 Å². The van der Waals surface area contributed by atoms with Crippen LogP contribution in [0.3, 0.4) is 0 Å². The lowest BCUT2D eigenvalue weighted by atomic mass is 9.78. The van der Waals surface area contributed by atoms with Crippen molar-refractivity contribution in [1.29, 1.82) is 0 Å². The average Bonchev–Trinajstić information content (AvgIpc) is 3.17. The predicted octanol–water partition coefficient (Wildman–Crippen LogP) is -1.39. The van der Waals surface area contributed by atoms with Gasteiger partial charge in [0.1, 0.15) is 17.6 Å². The van der Waals surface area contributed by atoms with Gasteiger partial charge in [0.25, 0.3) is 0 Å². The van der Waals surface area contributed by atoms with Crippen LogP contribution < -0.4 is 20.4 Å². The van der Waals surface area contributed by atoms with E-state index in [9.17, 15) is 20.0 Å². The van der Waals surface area contributed by atoms with E-state index in [1.165, 1.54) is 0 Å². The molecule has 10 heteroatoms. The van der Waals surface area contributed by atoms with Crippen molar-refractivity contribution < 1.29 is 29.4 Å². The first-order valence-corrected chi connectivity index (χ1v) is 9.72. The zero-order valence-electron chi connectivity index (χ0n) is 15.6. The van der Waals surface area contributed by atoms with Gasteiger partial charge in [0.05, 0.1) is 24.7 Å². The molecular weight excluding hydrogens is 365 g/mol. The van der Waals surface area contributed by atoms with Crippen LogP contribution in [-0.2, 0) is 11.2 Å². The van der Waals surface area contributed by atoms with Crippen LogP contribution in [0.5, 0.6) is 11.5 Å². The monoisotopic (exact) mass is 391 g/mol. The number of nitrogens with two attached hydrogens (primary N) is 1. The molecule has 6 N–H and O–H groups in total. The molecule has 0 radical (unpaired) electrons. The molecule has 3 aliphatic heterocycles. The molecule has 3 aliphatic rings. The molecule has 1 aromatic carbocycles. The van der Waals surface area contributed by atoms with E-state index in [1.54, 1.807) is 17.0 Å². The predicted molar refractivity (Wildman–Crippen MR) is 101 cm³/mol. The molecule has 152 valence electrons. The minimum atomic E-state index is -1.80. The zero-order valence-corrected chi connectivity index (χ0v) is 15.6. The number of aliphatic hydroxyl groups excluding tert-OH is 1. The van der Waals surface area contributed by atoms with Crippen LogP contribution in [0.4, 0.5) is 0 Å². The topological polar surface area (TPSA) is 138 Å². The minimum absolute atomic E-state index is 0.0761. The minimum Gasteiger partial charge on any atom is -0.535 e. The number of carbonyl (C=O) groups excluding carboxylic acids is 1. The molecule has 2 atom stereocenters. The molecule has 28 heavy (non-hydrogen) atoms. The van der Waals surface area contributed by atoms with E-state index in [1.807, 2.05) is 0 Å². The number of benzene rings is 1. The van der Waals surface area contributed by atoms with Gasteiger partial charge in [-0.2, -0.15) is 0 Å². The number of aryl methyl sites for hydroxylation is 1. The molecule has 0 bridgehead atoms. The molecule has 1 amide bonds. The number of likely N-dealkylation sites (tertiary alicyclic amines) is 1. The van der Waals surface area contributed by atoms with Crippen LogP contribution in [0.25, 0.3) is 0 Å². The summed E-state index contributed by atoms with van der Waals surface area (Å²) in [6, 6.07) is 2.96. The van der Waals surface area contributed by atoms with Crippen molar-refractivity contribution in [2.75, 3.05) is 26.2 Å². The molecule has 1 aromatic rings. The largest absolute Gasteiger partial charge is 0.535 e. The Morgan fingerprint density at radius 1 is 1.39 bits per heavy atom. The van der Waals surface area contributed by atoms with Gasteiger partial charge in [0, 0.05) is 0 Å². The van der Waals surface area contributed by atoms with E-state index in [-0.39, 0.29) is 35.0 Å². The zero-order chi connectivity index (χ0) is 19.8. The second-order valence-electron chi connectivity index (χ2n) is 7.71. The molecule has 2 unspecified atom stereocenters. The summed E-state index contributed by atoms with van der Waals surface area (Å²) in [5.41, 5.74) is 7.01. The highest BCUT2D eigenvalue weighted by molar-refractivity contribution is 6.44. The van der Waals surface area contributed by atoms with Gasteiger partial charge in [-0.3, -0.25) is 4.79 Å². The van der Waals surface area contributed by atoms with Crippen molar-refractivity contribution in [3.8, 4) is 11.5 Å². The van der Waals surface area contributed by atoms with Gasteiger partial charge in [0.15, 0.2) is 6.29 Å². The van der Waals surface area contributed by atoms with Crippen molar-refractivity contribution in [3.05, 3.63) is 23.3 Å². The third kappa shape index (κ3) is 3.70. The number of hydrogen-bond acceptors (Lipinski definition) is 8. The lowest BCUT2D eigenvalue weighted by Crippen LogP contribution is -2.61. The van der Waals surface area contributed by atoms with Crippen molar-refractivity contribution in [2.45, 2.75) is 37.6 Å². The molecule has 0 spiro atoms. The number of nitrogens with zero attached hydrogens (tertiary/aromatic N) is 1. The van der Waals surface area contributed by atoms with Crippen LogP contribution in [0.2, 0.25) is 6.32 Å². The highest BCUT2D eigenvalue weighted by Gasteiger charge is 2.39. The van der Waals surface area contributed by atoms with E-state index in [0.717, 1.165) is 25.1 Å². The van der Waals surface area contributed by atoms with Crippen molar-refractivity contribution in [3.63, 3.8) is 0 Å². The van der Waals surface area contributed by atoms with Crippen LogP contribution >= 0.6 is 0 Å². The van der Waals surface area contributed by atoms with Gasteiger partial charge in [-0.15, -0.1) is 0 Å². The molecule has 3 heterocycles. The number of amides is 1. The number of fused-ring (bicyclic) bond motifs is 1. The maximum absolute atomic E-state index is 12.5. The Kier molecular flexibility index (Phi) is 5.48. The number of aliphatic hydroxyl groups is 2. The van der Waals surface area contributed by atoms with Gasteiger partial charge in [0.2, 0.25) is 5.91 Å². The highest BCUT2D eigenvalue weighted by atomic mass is 16.5. The number of carbonyl (C=O) groups is 1. The molecule has 2 fully saturated rings. The van der Waals surface area contributed by atoms with E-state index < -0.39 is 19.5 Å². The molecular formula is C18H26BN3O6. The van der Waals surface area contributed by atoms with Crippen LogP contribution in [-0.4, -0.2) is 71.5 Å². The molecule has 0 aromatic heterocycles. The summed E-state index contributed by atoms with van der Waals surface area (Å²) in [6.45, 7) is 2.45. The highest BCUT2D eigenvalue weighted by Crippen LogP contribution is 2.40. The Morgan fingerprint density at radius 3 is 2.86 bits per heavy atom. The van der Waals surface area contributed by atoms with E-state index >= 15 is 0 Å². The third-order valence-electron chi connectivity index (χ3n) is 5.76. The maximum atomic E-state index is 12.5. The van der Waals surface area contributed by atoms with E-state index in [4.69, 9.17) is 15.1 Å². The number of rotatable bonds is 5. The van der Waals surface area contributed by atoms with Crippen LogP contribution in [0.15, 0.2) is 12.1 Å². The molecule has 0 aliphatic carbocycles. The molecule has 2 saturated heterocycles. The number of nitrogens with one attached hydrogen (secondary N) is 1. The Hall–Kier alpha value is -1.85. The average molecular weight is 391 g/mol. The summed E-state index contributed by atoms with van der Waals surface area (Å²) < 4.78 is 11.3. The summed E-state index contributed by atoms with van der Waals surface area (Å²) in [6.07, 6.45) is -0.126. The van der Waals surface area contributed by atoms with Gasteiger partial charge in [-0.1, -0.05) is 6.07 Å². The fourth-order valence-corrected chi connectivity index (χ4v) is 4.05. The first-order valence-electron chi connectivity index (χ1n) is 9.72. The third-order valence-corrected chi connectivity index (χ3v) is 5.76. The molecule has 9 nitrogen and oxygen atoms in total. The lowest BCUT2D eigenvalue weighted by molar-refractivity contribution is -0.142. The van der Waals surface area contributed by atoms with Gasteiger partial charge in [-0.05, 0) is 49.8 Å². The Labute approximate surface area is 163 Å². The van der Waals surface area contributed by atoms with Gasteiger partial charge < -0.3 is 40.6 Å². The maximum Gasteiger partial charge on any atom is 0.522 e. The normalized spacial score (nSPS) is 23.2. The quantitative estimate of drug-likeness (QED) is 0.306. The SMILES string of the molecule is NC(C(=O)N1CC(Oc2ccc3c(c2C(O)O)OB(O)CC3)C1)C1CCNC1. The Morgan fingerprint density at radius 2 is 2.18 bits per heavy atom. The van der Waals surface area contributed by atoms with Gasteiger partial charge >= 0.3 is 7.12 Å². The fourth-order valence-electron chi connectivity index (χ4n) is 4.05. The van der Waals surface area contributed by atoms with Gasteiger partial charge in [-0.25, -0.2) is 0 Å². The number of hydrogen-bond donors (Lipinski definition) is 5. The second-order valence-corrected chi connectivity index (χ2v) is 7.71. The van der Waals surface area contributed by atoms with Crippen LogP contribution in [0, 0.1) is 5.92 Å². The second kappa shape index (κ2) is 7.88. The number of ether oxygens (including phenoxy) is 1. The Balaban J connectivity index is 1.40. The summed E-state index contributed by atoms with van der Waals surface area (Å²) >= 11 is 0. The lowest BCUT2D eigenvalue weighted by Gasteiger charge is -2.41. The van der Waals surface area contributed by atoms with E-state index in [2.05, 4.69) is 5.32 Å². The first-order chi connectivity index (χ1) is 13.4. The molecule has 0 saturated carbocycles. The molecule has 4 rings (SSSR count). The smallest absolute Gasteiger partial charge is 0.522 e. The standard InChI is InChI=1S/C18H26BN3O6/c20-15(11-4-6-21-7-11)17(23)22-8-12(9-22)27-13-2-1-10-3-5-19(26)28-16(10)14(13)18(24)25/h1-2,11-12,15,18,21,24-26H,3-9,20H2. The van der Waals surface area contributed by atoms with Crippen molar-refractivity contribution >= 4 is 13.0 Å². The van der Waals surface area contributed by atoms with E-state index in [0.29, 0.717) is 25.8 Å². The summed E-state index contributed by atoms with van der Waals surface area (Å²) in [5.74, 6) is 0.624. The summed E-state index contributed by atoms with van der Waals surface area (Å²) in [5, 5.41) is 32.6. The summed E-state index contributed by atoms with van der Waals surface area (Å²) in [7, 11) is -0.983. The van der Waals surface area contributed by atoms with Crippen LogP contribution in [0.1, 0.15) is 23.8 Å². The summed E-state index contributed by atoms with van der Waals surface area (Å²) in [4.78, 5) is 14.2. The Bertz CT molecular complexity index is 736. The first kappa shape index (κ1) is 19.5.